The van der Waals surface area contributed by atoms with Crippen molar-refractivity contribution in [2.24, 2.45) is 0 Å². The topological polar surface area (TPSA) is 63.9 Å². The summed E-state index contributed by atoms with van der Waals surface area (Å²) in [7, 11) is 0. The van der Waals surface area contributed by atoms with Crippen molar-refractivity contribution in [3.63, 3.8) is 0 Å². The first-order valence-corrected chi connectivity index (χ1v) is 9.32. The van der Waals surface area contributed by atoms with E-state index in [0.29, 0.717) is 6.54 Å². The van der Waals surface area contributed by atoms with Gasteiger partial charge in [-0.15, -0.1) is 0 Å². The van der Waals surface area contributed by atoms with Gasteiger partial charge >= 0.3 is 6.03 Å². The fourth-order valence-electron chi connectivity index (χ4n) is 4.06. The minimum absolute atomic E-state index is 0.0470. The molecule has 0 saturated heterocycles. The molecule has 2 amide bonds. The fourth-order valence-corrected chi connectivity index (χ4v) is 4.06. The maximum atomic E-state index is 12.8. The Kier molecular flexibility index (Phi) is 3.50. The molecule has 0 radical (unpaired) electrons. The van der Waals surface area contributed by atoms with Crippen LogP contribution in [0.2, 0.25) is 0 Å². The Bertz CT molecular complexity index is 1180. The van der Waals surface area contributed by atoms with Crippen LogP contribution in [0.3, 0.4) is 0 Å². The number of urea groups is 1. The first kappa shape index (κ1) is 16.0. The van der Waals surface area contributed by atoms with E-state index < -0.39 is 0 Å². The lowest BCUT2D eigenvalue weighted by molar-refractivity contribution is 0.206. The quantitative estimate of drug-likeness (QED) is 0.447. The molecule has 0 aliphatic carbocycles. The molecule has 2 aromatic carbocycles. The lowest BCUT2D eigenvalue weighted by Crippen LogP contribution is -2.38. The van der Waals surface area contributed by atoms with Crippen LogP contribution < -0.4 is 5.32 Å². The number of hydrogen-bond acceptors (Lipinski definition) is 1. The second-order valence-corrected chi connectivity index (χ2v) is 7.49. The van der Waals surface area contributed by atoms with Crippen LogP contribution in [-0.4, -0.2) is 27.4 Å². The van der Waals surface area contributed by atoms with Crippen LogP contribution in [-0.2, 0) is 13.0 Å². The third kappa shape index (κ3) is 2.76. The van der Waals surface area contributed by atoms with Crippen molar-refractivity contribution in [2.75, 3.05) is 11.9 Å². The molecule has 0 spiro atoms. The van der Waals surface area contributed by atoms with Crippen LogP contribution in [0.15, 0.2) is 42.5 Å². The summed E-state index contributed by atoms with van der Waals surface area (Å²) in [6.45, 7) is 5.49. The first-order valence-electron chi connectivity index (χ1n) is 9.32. The standard InChI is InChI=1S/C22H22N4O/c1-13-3-5-20-17(9-13)18-12-26(8-7-21(18)25-20)22(27)24-16-4-6-19-15(11-16)10-14(2)23-19/h3-6,9-11,23,25H,7-8,12H2,1-2H3,(H,24,27). The highest BCUT2D eigenvalue weighted by Gasteiger charge is 2.24. The number of anilines is 1. The summed E-state index contributed by atoms with van der Waals surface area (Å²) in [5.74, 6) is 0. The van der Waals surface area contributed by atoms with Crippen LogP contribution in [0.1, 0.15) is 22.5 Å². The number of H-pyrrole nitrogens is 2. The maximum absolute atomic E-state index is 12.8. The normalized spacial score (nSPS) is 13.9. The molecule has 5 heteroatoms. The fraction of sp³-hybridized carbons (Fsp3) is 0.227. The SMILES string of the molecule is Cc1ccc2[nH]c3c(c2c1)CN(C(=O)Nc1ccc2[nH]c(C)cc2c1)CC3. The number of aromatic nitrogens is 2. The number of amides is 2. The number of carbonyl (C=O) groups excluding carboxylic acids is 1. The molecular formula is C22H22N4O. The largest absolute Gasteiger partial charge is 0.359 e. The molecule has 3 heterocycles. The Morgan fingerprint density at radius 2 is 1.89 bits per heavy atom. The van der Waals surface area contributed by atoms with Crippen molar-refractivity contribution in [3.05, 3.63) is 65.0 Å². The van der Waals surface area contributed by atoms with Gasteiger partial charge in [-0.1, -0.05) is 11.6 Å². The van der Waals surface area contributed by atoms with Crippen molar-refractivity contribution >= 4 is 33.5 Å². The summed E-state index contributed by atoms with van der Waals surface area (Å²) < 4.78 is 0. The molecule has 0 bridgehead atoms. The molecule has 5 rings (SSSR count). The number of benzene rings is 2. The molecule has 4 aromatic rings. The summed E-state index contributed by atoms with van der Waals surface area (Å²) in [6.07, 6.45) is 0.854. The molecule has 5 nitrogen and oxygen atoms in total. The van der Waals surface area contributed by atoms with Crippen LogP contribution >= 0.6 is 0 Å². The van der Waals surface area contributed by atoms with E-state index in [4.69, 9.17) is 0 Å². The zero-order chi connectivity index (χ0) is 18.5. The number of aromatic amines is 2. The second kappa shape index (κ2) is 5.91. The molecule has 0 fully saturated rings. The first-order chi connectivity index (χ1) is 13.1. The van der Waals surface area contributed by atoms with Gasteiger partial charge in [0.25, 0.3) is 0 Å². The minimum atomic E-state index is -0.0470. The van der Waals surface area contributed by atoms with Gasteiger partial charge in [-0.05, 0) is 50.2 Å². The summed E-state index contributed by atoms with van der Waals surface area (Å²) in [4.78, 5) is 21.6. The number of rotatable bonds is 1. The van der Waals surface area contributed by atoms with Gasteiger partial charge in [0, 0.05) is 64.0 Å². The molecule has 3 N–H and O–H groups in total. The summed E-state index contributed by atoms with van der Waals surface area (Å²) in [5.41, 5.74) is 7.92. The Morgan fingerprint density at radius 3 is 2.78 bits per heavy atom. The predicted octanol–water partition coefficient (Wildman–Crippen LogP) is 4.86. The second-order valence-electron chi connectivity index (χ2n) is 7.49. The summed E-state index contributed by atoms with van der Waals surface area (Å²) in [6, 6.07) is 14.5. The molecular weight excluding hydrogens is 336 g/mol. The van der Waals surface area contributed by atoms with Crippen LogP contribution in [0.5, 0.6) is 0 Å². The van der Waals surface area contributed by atoms with Gasteiger partial charge in [0.05, 0.1) is 0 Å². The average Bonchev–Trinajstić information content (AvgIpc) is 3.19. The molecule has 0 saturated carbocycles. The number of nitrogens with zero attached hydrogens (tertiary/aromatic N) is 1. The van der Waals surface area contributed by atoms with Gasteiger partial charge in [0.2, 0.25) is 0 Å². The lowest BCUT2D eigenvalue weighted by Gasteiger charge is -2.27. The van der Waals surface area contributed by atoms with Crippen molar-refractivity contribution in [2.45, 2.75) is 26.8 Å². The molecule has 136 valence electrons. The van der Waals surface area contributed by atoms with E-state index in [0.717, 1.165) is 40.8 Å². The molecule has 1 aliphatic heterocycles. The van der Waals surface area contributed by atoms with E-state index in [1.54, 1.807) is 0 Å². The smallest absolute Gasteiger partial charge is 0.322 e. The van der Waals surface area contributed by atoms with Gasteiger partial charge in [-0.3, -0.25) is 0 Å². The monoisotopic (exact) mass is 358 g/mol. The van der Waals surface area contributed by atoms with Gasteiger partial charge in [0.1, 0.15) is 0 Å². The van der Waals surface area contributed by atoms with E-state index in [9.17, 15) is 4.79 Å². The van der Waals surface area contributed by atoms with Crippen LogP contribution in [0.4, 0.5) is 10.5 Å². The van der Waals surface area contributed by atoms with E-state index in [1.165, 1.54) is 22.2 Å². The van der Waals surface area contributed by atoms with E-state index in [-0.39, 0.29) is 6.03 Å². The molecule has 0 atom stereocenters. The number of aryl methyl sites for hydroxylation is 2. The summed E-state index contributed by atoms with van der Waals surface area (Å²) in [5, 5.41) is 5.40. The van der Waals surface area contributed by atoms with E-state index >= 15 is 0 Å². The number of nitrogens with one attached hydrogen (secondary N) is 3. The molecule has 0 unspecified atom stereocenters. The minimum Gasteiger partial charge on any atom is -0.359 e. The van der Waals surface area contributed by atoms with Crippen molar-refractivity contribution < 1.29 is 4.79 Å². The third-order valence-corrected chi connectivity index (χ3v) is 5.42. The molecule has 2 aromatic heterocycles. The number of hydrogen-bond donors (Lipinski definition) is 3. The zero-order valence-electron chi connectivity index (χ0n) is 15.5. The van der Waals surface area contributed by atoms with Crippen molar-refractivity contribution in [3.8, 4) is 0 Å². The zero-order valence-corrected chi connectivity index (χ0v) is 15.5. The van der Waals surface area contributed by atoms with Gasteiger partial charge < -0.3 is 20.2 Å². The van der Waals surface area contributed by atoms with Gasteiger partial charge in [0.15, 0.2) is 0 Å². The average molecular weight is 358 g/mol. The number of fused-ring (bicyclic) bond motifs is 4. The highest BCUT2D eigenvalue weighted by Crippen LogP contribution is 2.29. The predicted molar refractivity (Wildman–Crippen MR) is 109 cm³/mol. The highest BCUT2D eigenvalue weighted by atomic mass is 16.2. The van der Waals surface area contributed by atoms with Crippen molar-refractivity contribution in [1.82, 2.24) is 14.9 Å². The van der Waals surface area contributed by atoms with Gasteiger partial charge in [-0.2, -0.15) is 0 Å². The third-order valence-electron chi connectivity index (χ3n) is 5.42. The van der Waals surface area contributed by atoms with Crippen molar-refractivity contribution in [1.29, 1.82) is 0 Å². The maximum Gasteiger partial charge on any atom is 0.322 e. The Balaban J connectivity index is 1.39. The molecule has 1 aliphatic rings. The van der Waals surface area contributed by atoms with Crippen LogP contribution in [0, 0.1) is 13.8 Å². The lowest BCUT2D eigenvalue weighted by atomic mass is 10.0. The Hall–Kier alpha value is -3.21. The van der Waals surface area contributed by atoms with E-state index in [1.807, 2.05) is 30.0 Å². The Morgan fingerprint density at radius 1 is 1.04 bits per heavy atom. The van der Waals surface area contributed by atoms with E-state index in [2.05, 4.69) is 46.5 Å². The Labute approximate surface area is 157 Å². The number of carbonyl (C=O) groups is 1. The van der Waals surface area contributed by atoms with Gasteiger partial charge in [-0.25, -0.2) is 4.79 Å². The molecule has 27 heavy (non-hydrogen) atoms. The van der Waals surface area contributed by atoms with Crippen LogP contribution in [0.25, 0.3) is 21.8 Å². The highest BCUT2D eigenvalue weighted by molar-refractivity contribution is 5.94. The summed E-state index contributed by atoms with van der Waals surface area (Å²) >= 11 is 0.